The van der Waals surface area contributed by atoms with Crippen molar-refractivity contribution in [1.82, 2.24) is 4.90 Å². The molecule has 196 valence electrons. The van der Waals surface area contributed by atoms with Crippen LogP contribution >= 0.6 is 11.6 Å². The number of carbonyl (C=O) groups excluding carboxylic acids is 3. The topological polar surface area (TPSA) is 80.5 Å². The SMILES string of the molecule is Cc1cccc(C(=O)C2C(c3ccc(F)cc3)C(C(N)=O)N(C(=O)c3ccccc3)C2c2ccc(Cl)cc2)c1. The van der Waals surface area contributed by atoms with Gasteiger partial charge in [-0.2, -0.15) is 0 Å². The normalized spacial score (nSPS) is 20.5. The molecule has 1 aliphatic heterocycles. The number of nitrogens with zero attached hydrogens (tertiary/aromatic N) is 1. The Labute approximate surface area is 231 Å². The van der Waals surface area contributed by atoms with E-state index in [1.54, 1.807) is 84.9 Å². The number of hydrogen-bond donors (Lipinski definition) is 1. The van der Waals surface area contributed by atoms with Crippen LogP contribution in [0, 0.1) is 18.7 Å². The Hall–Kier alpha value is -4.29. The molecule has 1 aliphatic rings. The predicted molar refractivity (Wildman–Crippen MR) is 148 cm³/mol. The molecule has 4 unspecified atom stereocenters. The van der Waals surface area contributed by atoms with E-state index in [2.05, 4.69) is 0 Å². The summed E-state index contributed by atoms with van der Waals surface area (Å²) >= 11 is 6.19. The quantitative estimate of drug-likeness (QED) is 0.299. The summed E-state index contributed by atoms with van der Waals surface area (Å²) in [6.07, 6.45) is 0. The second kappa shape index (κ2) is 10.8. The zero-order valence-electron chi connectivity index (χ0n) is 21.1. The predicted octanol–water partition coefficient (Wildman–Crippen LogP) is 6.12. The lowest BCUT2D eigenvalue weighted by atomic mass is 9.76. The summed E-state index contributed by atoms with van der Waals surface area (Å²) in [5.74, 6) is -3.63. The molecule has 2 amide bonds. The van der Waals surface area contributed by atoms with Crippen LogP contribution in [0.25, 0.3) is 0 Å². The van der Waals surface area contributed by atoms with Gasteiger partial charge in [0.25, 0.3) is 5.91 Å². The van der Waals surface area contributed by atoms with Gasteiger partial charge in [-0.3, -0.25) is 14.4 Å². The van der Waals surface area contributed by atoms with E-state index >= 15 is 0 Å². The largest absolute Gasteiger partial charge is 0.368 e. The van der Waals surface area contributed by atoms with Crippen LogP contribution in [0.5, 0.6) is 0 Å². The average Bonchev–Trinajstić information content (AvgIpc) is 3.30. The first-order chi connectivity index (χ1) is 18.8. The highest BCUT2D eigenvalue weighted by atomic mass is 35.5. The van der Waals surface area contributed by atoms with Crippen LogP contribution < -0.4 is 5.73 Å². The van der Waals surface area contributed by atoms with Crippen molar-refractivity contribution in [3.63, 3.8) is 0 Å². The van der Waals surface area contributed by atoms with E-state index in [4.69, 9.17) is 17.3 Å². The van der Waals surface area contributed by atoms with Gasteiger partial charge in [0, 0.05) is 22.1 Å². The van der Waals surface area contributed by atoms with Gasteiger partial charge in [0.1, 0.15) is 11.9 Å². The van der Waals surface area contributed by atoms with Gasteiger partial charge in [0.15, 0.2) is 5.78 Å². The number of rotatable bonds is 6. The standard InChI is InChI=1S/C32H26ClFN2O3/c1-19-6-5-9-23(18-19)30(37)27-26(20-12-16-25(34)17-13-20)29(31(35)38)36(32(39)22-7-3-2-4-8-22)28(27)21-10-14-24(33)15-11-21/h2-18,26-29H,1H3,(H2,35,38). The summed E-state index contributed by atoms with van der Waals surface area (Å²) in [5, 5.41) is 0.487. The monoisotopic (exact) mass is 540 g/mol. The van der Waals surface area contributed by atoms with Gasteiger partial charge in [-0.25, -0.2) is 4.39 Å². The number of nitrogens with two attached hydrogens (primary N) is 1. The third-order valence-electron chi connectivity index (χ3n) is 7.29. The van der Waals surface area contributed by atoms with Crippen molar-refractivity contribution < 1.29 is 18.8 Å². The molecular weight excluding hydrogens is 515 g/mol. The zero-order valence-corrected chi connectivity index (χ0v) is 21.9. The lowest BCUT2D eigenvalue weighted by molar-refractivity contribution is -0.122. The number of likely N-dealkylation sites (tertiary alicyclic amines) is 1. The number of ketones is 1. The maximum atomic E-state index is 14.4. The number of primary amides is 1. The summed E-state index contributed by atoms with van der Waals surface area (Å²) in [6.45, 7) is 1.89. The Morgan fingerprint density at radius 2 is 1.41 bits per heavy atom. The molecule has 4 aromatic carbocycles. The molecule has 4 aromatic rings. The van der Waals surface area contributed by atoms with Crippen molar-refractivity contribution in [2.24, 2.45) is 11.7 Å². The molecule has 0 aromatic heterocycles. The van der Waals surface area contributed by atoms with Crippen molar-refractivity contribution in [1.29, 1.82) is 0 Å². The van der Waals surface area contributed by atoms with Gasteiger partial charge in [-0.05, 0) is 60.5 Å². The van der Waals surface area contributed by atoms with E-state index < -0.39 is 41.6 Å². The first-order valence-electron chi connectivity index (χ1n) is 12.5. The number of hydrogen-bond acceptors (Lipinski definition) is 3. The van der Waals surface area contributed by atoms with Crippen LogP contribution in [-0.2, 0) is 4.79 Å². The number of amides is 2. The lowest BCUT2D eigenvalue weighted by Crippen LogP contribution is -2.46. The molecule has 5 rings (SSSR count). The van der Waals surface area contributed by atoms with Crippen molar-refractivity contribution in [2.45, 2.75) is 24.9 Å². The fourth-order valence-electron chi connectivity index (χ4n) is 5.61. The molecule has 1 heterocycles. The highest BCUT2D eigenvalue weighted by Gasteiger charge is 2.57. The van der Waals surface area contributed by atoms with Gasteiger partial charge in [-0.1, -0.05) is 77.8 Å². The van der Waals surface area contributed by atoms with Gasteiger partial charge in [0.2, 0.25) is 5.91 Å². The molecule has 5 nitrogen and oxygen atoms in total. The number of aryl methyl sites for hydroxylation is 1. The molecule has 0 bridgehead atoms. The summed E-state index contributed by atoms with van der Waals surface area (Å²) in [6, 6.07) is 26.2. The first kappa shape index (κ1) is 26.3. The Morgan fingerprint density at radius 3 is 2.03 bits per heavy atom. The van der Waals surface area contributed by atoms with Crippen LogP contribution in [0.3, 0.4) is 0 Å². The van der Waals surface area contributed by atoms with Crippen molar-refractivity contribution in [2.75, 3.05) is 0 Å². The van der Waals surface area contributed by atoms with E-state index in [-0.39, 0.29) is 5.78 Å². The Balaban J connectivity index is 1.78. The Morgan fingerprint density at radius 1 is 0.795 bits per heavy atom. The number of carbonyl (C=O) groups is 3. The first-order valence-corrected chi connectivity index (χ1v) is 12.9. The van der Waals surface area contributed by atoms with Crippen molar-refractivity contribution in [3.8, 4) is 0 Å². The van der Waals surface area contributed by atoms with E-state index in [1.807, 2.05) is 13.0 Å². The highest BCUT2D eigenvalue weighted by Crippen LogP contribution is 2.51. The van der Waals surface area contributed by atoms with E-state index in [1.165, 1.54) is 17.0 Å². The molecule has 7 heteroatoms. The second-order valence-electron chi connectivity index (χ2n) is 9.76. The fraction of sp³-hybridized carbons (Fsp3) is 0.156. The van der Waals surface area contributed by atoms with Crippen molar-refractivity contribution >= 4 is 29.2 Å². The number of halogens is 2. The average molecular weight is 541 g/mol. The Bertz CT molecular complexity index is 1520. The van der Waals surface area contributed by atoms with Crippen LogP contribution in [-0.4, -0.2) is 28.5 Å². The Kier molecular flexibility index (Phi) is 7.31. The minimum absolute atomic E-state index is 0.248. The summed E-state index contributed by atoms with van der Waals surface area (Å²) in [7, 11) is 0. The summed E-state index contributed by atoms with van der Waals surface area (Å²) in [4.78, 5) is 43.1. The van der Waals surface area contributed by atoms with Crippen molar-refractivity contribution in [3.05, 3.63) is 142 Å². The smallest absolute Gasteiger partial charge is 0.255 e. The van der Waals surface area contributed by atoms with E-state index in [0.29, 0.717) is 27.3 Å². The van der Waals surface area contributed by atoms with Gasteiger partial charge >= 0.3 is 0 Å². The molecule has 0 radical (unpaired) electrons. The number of Topliss-reactive ketones (excluding diaryl/α,β-unsaturated/α-hetero) is 1. The number of benzene rings is 4. The second-order valence-corrected chi connectivity index (χ2v) is 10.2. The molecule has 0 spiro atoms. The molecule has 39 heavy (non-hydrogen) atoms. The summed E-state index contributed by atoms with van der Waals surface area (Å²) < 4.78 is 14.0. The van der Waals surface area contributed by atoms with E-state index in [0.717, 1.165) is 5.56 Å². The van der Waals surface area contributed by atoms with E-state index in [9.17, 15) is 18.8 Å². The molecular formula is C32H26ClFN2O3. The third kappa shape index (κ3) is 5.08. The maximum Gasteiger partial charge on any atom is 0.255 e. The van der Waals surface area contributed by atoms with Crippen LogP contribution in [0.4, 0.5) is 4.39 Å². The molecule has 0 saturated carbocycles. The molecule has 1 fully saturated rings. The minimum Gasteiger partial charge on any atom is -0.368 e. The molecule has 2 N–H and O–H groups in total. The van der Waals surface area contributed by atoms with Crippen LogP contribution in [0.2, 0.25) is 5.02 Å². The lowest BCUT2D eigenvalue weighted by Gasteiger charge is -2.31. The molecule has 1 saturated heterocycles. The molecule has 0 aliphatic carbocycles. The molecule has 4 atom stereocenters. The minimum atomic E-state index is -1.18. The van der Waals surface area contributed by atoms with Crippen LogP contribution in [0.15, 0.2) is 103 Å². The van der Waals surface area contributed by atoms with Gasteiger partial charge in [-0.15, -0.1) is 0 Å². The summed E-state index contributed by atoms with van der Waals surface area (Å²) in [5.41, 5.74) is 8.87. The highest BCUT2D eigenvalue weighted by molar-refractivity contribution is 6.30. The fourth-order valence-corrected chi connectivity index (χ4v) is 5.73. The van der Waals surface area contributed by atoms with Gasteiger partial charge < -0.3 is 10.6 Å². The van der Waals surface area contributed by atoms with Gasteiger partial charge in [0.05, 0.1) is 12.0 Å². The zero-order chi connectivity index (χ0) is 27.7. The van der Waals surface area contributed by atoms with Crippen LogP contribution in [0.1, 0.15) is 49.4 Å². The third-order valence-corrected chi connectivity index (χ3v) is 7.54. The maximum absolute atomic E-state index is 14.4.